The molecule has 0 amide bonds. The predicted molar refractivity (Wildman–Crippen MR) is 130 cm³/mol. The summed E-state index contributed by atoms with van der Waals surface area (Å²) in [6.07, 6.45) is 0. The lowest BCUT2D eigenvalue weighted by atomic mass is 10.0. The summed E-state index contributed by atoms with van der Waals surface area (Å²) in [4.78, 5) is 20.1. The molecule has 1 heterocycles. The first kappa shape index (κ1) is 22.0. The molecule has 2 N–H and O–H groups in total. The summed E-state index contributed by atoms with van der Waals surface area (Å²) in [7, 11) is 4.06. The minimum Gasteiger partial charge on any atom is -0.343 e. The molecular formula is C24H30N4OS. The van der Waals surface area contributed by atoms with Gasteiger partial charge in [0.15, 0.2) is 5.11 Å². The zero-order valence-electron chi connectivity index (χ0n) is 18.4. The fourth-order valence-electron chi connectivity index (χ4n) is 3.35. The molecule has 6 heteroatoms. The lowest BCUT2D eigenvalue weighted by Crippen LogP contribution is -2.40. The number of anilines is 1. The number of aromatic amines is 1. The average Bonchev–Trinajstić information content (AvgIpc) is 2.70. The van der Waals surface area contributed by atoms with Gasteiger partial charge in [0.25, 0.3) is 5.56 Å². The van der Waals surface area contributed by atoms with E-state index in [9.17, 15) is 4.79 Å². The summed E-state index contributed by atoms with van der Waals surface area (Å²) in [5, 5.41) is 5.01. The van der Waals surface area contributed by atoms with Crippen LogP contribution in [0.3, 0.4) is 0 Å². The fourth-order valence-corrected chi connectivity index (χ4v) is 3.63. The van der Waals surface area contributed by atoms with Crippen molar-refractivity contribution < 1.29 is 0 Å². The molecule has 0 spiro atoms. The van der Waals surface area contributed by atoms with E-state index in [4.69, 9.17) is 12.2 Å². The molecule has 0 radical (unpaired) electrons. The SMILES string of the molecule is Cc1ccc(NC(=S)N(CCN(C)C)Cc2cc3c(C)ccc(C)c3[nH]c2=O)cc1. The number of thiocarbonyl (C=S) groups is 1. The number of benzene rings is 2. The maximum atomic E-state index is 12.8. The molecular weight excluding hydrogens is 392 g/mol. The molecule has 158 valence electrons. The monoisotopic (exact) mass is 422 g/mol. The quantitative estimate of drug-likeness (QED) is 0.583. The van der Waals surface area contributed by atoms with Crippen LogP contribution in [0.1, 0.15) is 22.3 Å². The smallest absolute Gasteiger partial charge is 0.253 e. The van der Waals surface area contributed by atoms with Crippen molar-refractivity contribution in [2.24, 2.45) is 0 Å². The number of aromatic nitrogens is 1. The zero-order chi connectivity index (χ0) is 21.8. The molecule has 0 bridgehead atoms. The highest BCUT2D eigenvalue weighted by atomic mass is 32.1. The Morgan fingerprint density at radius 3 is 2.33 bits per heavy atom. The Balaban J connectivity index is 1.89. The van der Waals surface area contributed by atoms with Crippen LogP contribution in [0.4, 0.5) is 5.69 Å². The fraction of sp³-hybridized carbons (Fsp3) is 0.333. The van der Waals surface area contributed by atoms with Gasteiger partial charge < -0.3 is 20.1 Å². The van der Waals surface area contributed by atoms with Crippen molar-refractivity contribution in [2.75, 3.05) is 32.5 Å². The van der Waals surface area contributed by atoms with Crippen molar-refractivity contribution in [1.82, 2.24) is 14.8 Å². The van der Waals surface area contributed by atoms with Crippen LogP contribution >= 0.6 is 12.2 Å². The van der Waals surface area contributed by atoms with E-state index in [2.05, 4.69) is 40.0 Å². The number of likely N-dealkylation sites (N-methyl/N-ethyl adjacent to an activating group) is 1. The van der Waals surface area contributed by atoms with E-state index in [0.717, 1.165) is 40.8 Å². The minimum atomic E-state index is -0.0656. The predicted octanol–water partition coefficient (Wildman–Crippen LogP) is 4.21. The van der Waals surface area contributed by atoms with Crippen LogP contribution in [-0.4, -0.2) is 47.1 Å². The summed E-state index contributed by atoms with van der Waals surface area (Å²) in [5.41, 5.74) is 5.91. The molecule has 5 nitrogen and oxygen atoms in total. The number of nitrogens with zero attached hydrogens (tertiary/aromatic N) is 2. The first-order valence-corrected chi connectivity index (χ1v) is 10.5. The van der Waals surface area contributed by atoms with E-state index in [1.54, 1.807) is 0 Å². The van der Waals surface area contributed by atoms with Crippen molar-refractivity contribution >= 4 is 33.9 Å². The van der Waals surface area contributed by atoms with E-state index < -0.39 is 0 Å². The maximum absolute atomic E-state index is 12.8. The normalized spacial score (nSPS) is 11.1. The first-order chi connectivity index (χ1) is 14.2. The second kappa shape index (κ2) is 9.41. The minimum absolute atomic E-state index is 0.0656. The Morgan fingerprint density at radius 1 is 1.00 bits per heavy atom. The number of pyridine rings is 1. The Labute approximate surface area is 183 Å². The molecule has 30 heavy (non-hydrogen) atoms. The van der Waals surface area contributed by atoms with E-state index >= 15 is 0 Å². The Bertz CT molecular complexity index is 1100. The van der Waals surface area contributed by atoms with Crippen molar-refractivity contribution in [2.45, 2.75) is 27.3 Å². The van der Waals surface area contributed by atoms with Gasteiger partial charge in [0, 0.05) is 29.7 Å². The van der Waals surface area contributed by atoms with Gasteiger partial charge in [-0.25, -0.2) is 0 Å². The molecule has 0 aliphatic heterocycles. The summed E-state index contributed by atoms with van der Waals surface area (Å²) in [6, 6.07) is 14.3. The standard InChI is InChI=1S/C24H30N4OS/c1-16-6-10-20(11-7-16)25-24(30)28(13-12-27(4)5)15-19-14-21-17(2)8-9-18(3)22(21)26-23(19)29/h6-11,14H,12-13,15H2,1-5H3,(H,25,30)(H,26,29). The van der Waals surface area contributed by atoms with E-state index in [1.165, 1.54) is 5.56 Å². The molecule has 0 atom stereocenters. The van der Waals surface area contributed by atoms with Crippen LogP contribution < -0.4 is 10.9 Å². The molecule has 3 rings (SSSR count). The van der Waals surface area contributed by atoms with Gasteiger partial charge in [0.05, 0.1) is 12.1 Å². The van der Waals surface area contributed by atoms with Crippen molar-refractivity contribution in [3.05, 3.63) is 75.1 Å². The van der Waals surface area contributed by atoms with Gasteiger partial charge in [-0.05, 0) is 76.4 Å². The van der Waals surface area contributed by atoms with Gasteiger partial charge in [-0.1, -0.05) is 29.8 Å². The third kappa shape index (κ3) is 5.26. The topological polar surface area (TPSA) is 51.4 Å². The van der Waals surface area contributed by atoms with Crippen LogP contribution in [0, 0.1) is 20.8 Å². The summed E-state index contributed by atoms with van der Waals surface area (Å²) >= 11 is 5.71. The summed E-state index contributed by atoms with van der Waals surface area (Å²) < 4.78 is 0. The van der Waals surface area contributed by atoms with Gasteiger partial charge in [-0.2, -0.15) is 0 Å². The first-order valence-electron chi connectivity index (χ1n) is 10.1. The van der Waals surface area contributed by atoms with Crippen LogP contribution in [-0.2, 0) is 6.54 Å². The van der Waals surface area contributed by atoms with Gasteiger partial charge in [0.1, 0.15) is 0 Å². The number of H-pyrrole nitrogens is 1. The summed E-state index contributed by atoms with van der Waals surface area (Å²) in [5.74, 6) is 0. The largest absolute Gasteiger partial charge is 0.343 e. The molecule has 2 aromatic carbocycles. The van der Waals surface area contributed by atoms with Gasteiger partial charge in [0.2, 0.25) is 0 Å². The average molecular weight is 423 g/mol. The highest BCUT2D eigenvalue weighted by Gasteiger charge is 2.15. The number of hydrogen-bond acceptors (Lipinski definition) is 3. The summed E-state index contributed by atoms with van der Waals surface area (Å²) in [6.45, 7) is 8.14. The number of aryl methyl sites for hydroxylation is 3. The van der Waals surface area contributed by atoms with Gasteiger partial charge in [-0.15, -0.1) is 0 Å². The molecule has 0 aliphatic carbocycles. The zero-order valence-corrected chi connectivity index (χ0v) is 19.2. The number of hydrogen-bond donors (Lipinski definition) is 2. The van der Waals surface area contributed by atoms with Crippen LogP contribution in [0.15, 0.2) is 47.3 Å². The van der Waals surface area contributed by atoms with Crippen LogP contribution in [0.25, 0.3) is 10.9 Å². The molecule has 3 aromatic rings. The second-order valence-electron chi connectivity index (χ2n) is 8.13. The van der Waals surface area contributed by atoms with Crippen molar-refractivity contribution in [1.29, 1.82) is 0 Å². The Hall–Kier alpha value is -2.70. The van der Waals surface area contributed by atoms with Gasteiger partial charge >= 0.3 is 0 Å². The molecule has 0 saturated carbocycles. The molecule has 0 unspecified atom stereocenters. The molecule has 0 saturated heterocycles. The molecule has 1 aromatic heterocycles. The maximum Gasteiger partial charge on any atom is 0.253 e. The lowest BCUT2D eigenvalue weighted by molar-refractivity contribution is 0.327. The Kier molecular flexibility index (Phi) is 6.90. The molecule has 0 aliphatic rings. The third-order valence-electron chi connectivity index (χ3n) is 5.29. The van der Waals surface area contributed by atoms with E-state index in [0.29, 0.717) is 17.2 Å². The highest BCUT2D eigenvalue weighted by Crippen LogP contribution is 2.20. The van der Waals surface area contributed by atoms with Crippen molar-refractivity contribution in [3.63, 3.8) is 0 Å². The second-order valence-corrected chi connectivity index (χ2v) is 8.52. The Morgan fingerprint density at radius 2 is 1.67 bits per heavy atom. The van der Waals surface area contributed by atoms with E-state index in [1.807, 2.05) is 57.4 Å². The van der Waals surface area contributed by atoms with Crippen molar-refractivity contribution in [3.8, 4) is 0 Å². The number of rotatable bonds is 6. The van der Waals surface area contributed by atoms with E-state index in [-0.39, 0.29) is 5.56 Å². The van der Waals surface area contributed by atoms with Crippen LogP contribution in [0.2, 0.25) is 0 Å². The highest BCUT2D eigenvalue weighted by molar-refractivity contribution is 7.80. The lowest BCUT2D eigenvalue weighted by Gasteiger charge is -2.27. The van der Waals surface area contributed by atoms with Crippen LogP contribution in [0.5, 0.6) is 0 Å². The number of nitrogens with one attached hydrogen (secondary N) is 2. The van der Waals surface area contributed by atoms with Gasteiger partial charge in [-0.3, -0.25) is 4.79 Å². The molecule has 0 fully saturated rings. The third-order valence-corrected chi connectivity index (χ3v) is 5.65. The number of fused-ring (bicyclic) bond motifs is 1.